The number of hydrogen-bond donors (Lipinski definition) is 2. The van der Waals surface area contributed by atoms with E-state index in [0.29, 0.717) is 22.6 Å². The highest BCUT2D eigenvalue weighted by Gasteiger charge is 2.21. The van der Waals surface area contributed by atoms with Gasteiger partial charge in [0, 0.05) is 30.9 Å². The van der Waals surface area contributed by atoms with Crippen LogP contribution in [0.4, 0.5) is 0 Å². The van der Waals surface area contributed by atoms with Crippen LogP contribution in [0.25, 0.3) is 16.6 Å². The van der Waals surface area contributed by atoms with E-state index < -0.39 is 0 Å². The minimum atomic E-state index is -0.353. The molecule has 32 heavy (non-hydrogen) atoms. The predicted molar refractivity (Wildman–Crippen MR) is 124 cm³/mol. The number of aromatic nitrogens is 2. The Hall–Kier alpha value is -2.52. The molecule has 0 radical (unpaired) electrons. The van der Waals surface area contributed by atoms with Crippen molar-refractivity contribution in [3.05, 3.63) is 55.4 Å². The summed E-state index contributed by atoms with van der Waals surface area (Å²) >= 11 is 19.5. The molecule has 3 rings (SSSR count). The second-order valence-electron chi connectivity index (χ2n) is 6.70. The molecule has 1 amide bonds. The van der Waals surface area contributed by atoms with Crippen LogP contribution in [0.2, 0.25) is 15.1 Å². The standard InChI is InChI=1S/C21H20Cl3N3O5/c1-11-7-16(29)18-20(15(24)10-26-21(18)32-5-3-17(30)25-2)27(11)19-13(22)8-12(9-14(19)23)31-6-4-28/h7-10,28H,3-6H2,1-2H3,(H,25,30). The summed E-state index contributed by atoms with van der Waals surface area (Å²) in [7, 11) is 1.52. The summed E-state index contributed by atoms with van der Waals surface area (Å²) in [5.74, 6) is 0.215. The van der Waals surface area contributed by atoms with Crippen LogP contribution in [0.15, 0.2) is 29.2 Å². The van der Waals surface area contributed by atoms with Crippen molar-refractivity contribution < 1.29 is 19.4 Å². The van der Waals surface area contributed by atoms with Crippen LogP contribution in [0, 0.1) is 6.92 Å². The highest BCUT2D eigenvalue weighted by molar-refractivity contribution is 6.39. The van der Waals surface area contributed by atoms with E-state index in [0.717, 1.165) is 0 Å². The van der Waals surface area contributed by atoms with Crippen molar-refractivity contribution in [2.45, 2.75) is 13.3 Å². The molecule has 0 aliphatic rings. The van der Waals surface area contributed by atoms with E-state index in [1.807, 2.05) is 0 Å². The molecule has 11 heteroatoms. The van der Waals surface area contributed by atoms with E-state index >= 15 is 0 Å². The Kier molecular flexibility index (Phi) is 7.84. The molecule has 0 bridgehead atoms. The lowest BCUT2D eigenvalue weighted by Crippen LogP contribution is -2.20. The van der Waals surface area contributed by atoms with Crippen molar-refractivity contribution in [1.29, 1.82) is 0 Å². The fraction of sp³-hybridized carbons (Fsp3) is 0.286. The molecule has 0 unspecified atom stereocenters. The molecule has 2 heterocycles. The third kappa shape index (κ3) is 4.94. The molecular formula is C21H20Cl3N3O5. The first-order valence-electron chi connectivity index (χ1n) is 9.55. The number of rotatable bonds is 8. The van der Waals surface area contributed by atoms with Crippen LogP contribution in [0.3, 0.4) is 0 Å². The minimum Gasteiger partial charge on any atom is -0.491 e. The monoisotopic (exact) mass is 499 g/mol. The molecule has 0 aliphatic carbocycles. The average molecular weight is 501 g/mol. The van der Waals surface area contributed by atoms with Gasteiger partial charge in [0.1, 0.15) is 17.7 Å². The quantitative estimate of drug-likeness (QED) is 0.490. The highest BCUT2D eigenvalue weighted by Crippen LogP contribution is 2.38. The van der Waals surface area contributed by atoms with Gasteiger partial charge in [-0.25, -0.2) is 4.98 Å². The normalized spacial score (nSPS) is 10.9. The summed E-state index contributed by atoms with van der Waals surface area (Å²) in [6.07, 6.45) is 1.45. The second-order valence-corrected chi connectivity index (χ2v) is 7.92. The van der Waals surface area contributed by atoms with Gasteiger partial charge in [0.05, 0.1) is 52.1 Å². The molecule has 0 saturated heterocycles. The zero-order valence-corrected chi connectivity index (χ0v) is 19.5. The molecule has 0 fully saturated rings. The Labute approximate surface area is 198 Å². The number of nitrogens with zero attached hydrogens (tertiary/aromatic N) is 2. The molecule has 0 spiro atoms. The van der Waals surface area contributed by atoms with E-state index in [-0.39, 0.29) is 63.9 Å². The molecule has 170 valence electrons. The SMILES string of the molecule is CNC(=O)CCOc1ncc(Cl)c2c1c(=O)cc(C)n2-c1c(Cl)cc(OCCO)cc1Cl. The average Bonchev–Trinajstić information content (AvgIpc) is 2.74. The van der Waals surface area contributed by atoms with Crippen molar-refractivity contribution in [3.63, 3.8) is 0 Å². The third-order valence-corrected chi connectivity index (χ3v) is 5.41. The summed E-state index contributed by atoms with van der Waals surface area (Å²) < 4.78 is 12.7. The van der Waals surface area contributed by atoms with Crippen LogP contribution in [0.5, 0.6) is 11.6 Å². The van der Waals surface area contributed by atoms with Gasteiger partial charge in [-0.05, 0) is 6.92 Å². The number of carbonyl (C=O) groups excluding carboxylic acids is 1. The molecule has 3 aromatic rings. The van der Waals surface area contributed by atoms with Crippen LogP contribution in [0.1, 0.15) is 12.1 Å². The summed E-state index contributed by atoms with van der Waals surface area (Å²) in [5.41, 5.74) is 0.875. The Morgan fingerprint density at radius 3 is 2.44 bits per heavy atom. The fourth-order valence-corrected chi connectivity index (χ4v) is 4.03. The summed E-state index contributed by atoms with van der Waals surface area (Å²) in [6, 6.07) is 4.50. The van der Waals surface area contributed by atoms with Gasteiger partial charge >= 0.3 is 0 Å². The van der Waals surface area contributed by atoms with Crippen LogP contribution < -0.4 is 20.2 Å². The number of aryl methyl sites for hydroxylation is 1. The van der Waals surface area contributed by atoms with Crippen molar-refractivity contribution in [1.82, 2.24) is 14.9 Å². The van der Waals surface area contributed by atoms with Gasteiger partial charge in [0.15, 0.2) is 5.43 Å². The van der Waals surface area contributed by atoms with Gasteiger partial charge in [0.25, 0.3) is 0 Å². The fourth-order valence-electron chi connectivity index (χ4n) is 3.17. The number of carbonyl (C=O) groups is 1. The van der Waals surface area contributed by atoms with Crippen molar-refractivity contribution in [2.24, 2.45) is 0 Å². The van der Waals surface area contributed by atoms with E-state index in [1.165, 1.54) is 19.3 Å². The number of nitrogens with one attached hydrogen (secondary N) is 1. The molecule has 2 aromatic heterocycles. The number of amides is 1. The van der Waals surface area contributed by atoms with Gasteiger partial charge in [0.2, 0.25) is 11.8 Å². The number of halogens is 3. The van der Waals surface area contributed by atoms with Gasteiger partial charge in [-0.15, -0.1) is 0 Å². The zero-order chi connectivity index (χ0) is 23.4. The number of fused-ring (bicyclic) bond motifs is 1. The third-order valence-electron chi connectivity index (χ3n) is 4.56. The van der Waals surface area contributed by atoms with Crippen LogP contribution in [-0.4, -0.2) is 47.4 Å². The summed E-state index contributed by atoms with van der Waals surface area (Å²) in [5, 5.41) is 12.3. The maximum absolute atomic E-state index is 12.9. The Morgan fingerprint density at radius 1 is 1.12 bits per heavy atom. The second kappa shape index (κ2) is 10.4. The number of benzene rings is 1. The molecule has 2 N–H and O–H groups in total. The summed E-state index contributed by atoms with van der Waals surface area (Å²) in [4.78, 5) is 28.5. The lowest BCUT2D eigenvalue weighted by Gasteiger charge is -2.20. The number of pyridine rings is 2. The number of aliphatic hydroxyl groups is 1. The lowest BCUT2D eigenvalue weighted by atomic mass is 10.2. The molecular weight excluding hydrogens is 481 g/mol. The first kappa shape index (κ1) is 24.1. The first-order chi connectivity index (χ1) is 15.3. The maximum Gasteiger partial charge on any atom is 0.227 e. The molecule has 0 saturated carbocycles. The summed E-state index contributed by atoms with van der Waals surface area (Å²) in [6.45, 7) is 1.66. The minimum absolute atomic E-state index is 0.0229. The molecule has 0 atom stereocenters. The number of hydrogen-bond acceptors (Lipinski definition) is 6. The van der Waals surface area contributed by atoms with Crippen LogP contribution >= 0.6 is 34.8 Å². The van der Waals surface area contributed by atoms with Gasteiger partial charge in [-0.3, -0.25) is 9.59 Å². The Balaban J connectivity index is 2.20. The zero-order valence-electron chi connectivity index (χ0n) is 17.2. The van der Waals surface area contributed by atoms with Gasteiger partial charge < -0.3 is 24.5 Å². The van der Waals surface area contributed by atoms with E-state index in [1.54, 1.807) is 23.6 Å². The maximum atomic E-state index is 12.9. The number of aliphatic hydroxyl groups excluding tert-OH is 1. The van der Waals surface area contributed by atoms with E-state index in [4.69, 9.17) is 49.4 Å². The van der Waals surface area contributed by atoms with Gasteiger partial charge in [-0.1, -0.05) is 34.8 Å². The van der Waals surface area contributed by atoms with Gasteiger partial charge in [-0.2, -0.15) is 0 Å². The van der Waals surface area contributed by atoms with Crippen molar-refractivity contribution in [3.8, 4) is 17.3 Å². The van der Waals surface area contributed by atoms with Crippen LogP contribution in [-0.2, 0) is 4.79 Å². The van der Waals surface area contributed by atoms with Crippen molar-refractivity contribution in [2.75, 3.05) is 26.9 Å². The highest BCUT2D eigenvalue weighted by atomic mass is 35.5. The predicted octanol–water partition coefficient (Wildman–Crippen LogP) is 3.54. The van der Waals surface area contributed by atoms with Crippen molar-refractivity contribution >= 4 is 51.6 Å². The van der Waals surface area contributed by atoms with E-state index in [2.05, 4.69) is 10.3 Å². The first-order valence-corrected chi connectivity index (χ1v) is 10.7. The number of ether oxygens (including phenoxy) is 2. The lowest BCUT2D eigenvalue weighted by molar-refractivity contribution is -0.121. The Morgan fingerprint density at radius 2 is 1.81 bits per heavy atom. The smallest absolute Gasteiger partial charge is 0.227 e. The Bertz CT molecular complexity index is 1210. The molecule has 1 aromatic carbocycles. The van der Waals surface area contributed by atoms with E-state index in [9.17, 15) is 9.59 Å². The molecule has 0 aliphatic heterocycles. The topological polar surface area (TPSA) is 103 Å². The largest absolute Gasteiger partial charge is 0.491 e. The molecule has 8 nitrogen and oxygen atoms in total.